The zero-order valence-electron chi connectivity index (χ0n) is 11.2. The number of anilines is 1. The van der Waals surface area contributed by atoms with Crippen LogP contribution in [-0.4, -0.2) is 23.5 Å². The molecule has 0 radical (unpaired) electrons. The number of carboxylic acid groups (broad SMARTS) is 1. The first-order chi connectivity index (χ1) is 8.31. The smallest absolute Gasteiger partial charge is 0.323 e. The summed E-state index contributed by atoms with van der Waals surface area (Å²) >= 11 is 0. The van der Waals surface area contributed by atoms with Crippen molar-refractivity contribution in [3.05, 3.63) is 29.3 Å². The number of carbonyl (C=O) groups excluding carboxylic acids is 1. The molecule has 0 saturated heterocycles. The first kappa shape index (κ1) is 14.2. The lowest BCUT2D eigenvalue weighted by molar-refractivity contribution is -0.137. The summed E-state index contributed by atoms with van der Waals surface area (Å²) in [6.45, 7) is 7.07. The van der Waals surface area contributed by atoms with Crippen LogP contribution in [0.5, 0.6) is 0 Å². The Morgan fingerprint density at radius 2 is 1.67 bits per heavy atom. The van der Waals surface area contributed by atoms with Crippen molar-refractivity contribution in [2.45, 2.75) is 27.7 Å². The Bertz CT molecular complexity index is 446. The third-order valence-electron chi connectivity index (χ3n) is 2.57. The van der Waals surface area contributed by atoms with Crippen LogP contribution in [0.15, 0.2) is 18.2 Å². The second kappa shape index (κ2) is 5.67. The van der Waals surface area contributed by atoms with Crippen LogP contribution < -0.4 is 4.90 Å². The van der Waals surface area contributed by atoms with Crippen molar-refractivity contribution in [1.82, 2.24) is 0 Å². The van der Waals surface area contributed by atoms with Crippen LogP contribution >= 0.6 is 0 Å². The van der Waals surface area contributed by atoms with Gasteiger partial charge in [0.2, 0.25) is 5.91 Å². The molecule has 0 atom stereocenters. The molecule has 1 aromatic rings. The first-order valence-corrected chi connectivity index (χ1v) is 5.92. The maximum Gasteiger partial charge on any atom is 0.323 e. The van der Waals surface area contributed by atoms with E-state index in [9.17, 15) is 9.59 Å². The number of carboxylic acids is 1. The lowest BCUT2D eigenvalue weighted by Crippen LogP contribution is -2.38. The average Bonchev–Trinajstić information content (AvgIpc) is 2.23. The minimum Gasteiger partial charge on any atom is -0.480 e. The number of hydrogen-bond donors (Lipinski definition) is 1. The van der Waals surface area contributed by atoms with E-state index in [0.717, 1.165) is 11.1 Å². The second-order valence-electron chi connectivity index (χ2n) is 4.82. The number of benzene rings is 1. The summed E-state index contributed by atoms with van der Waals surface area (Å²) in [7, 11) is 0. The van der Waals surface area contributed by atoms with Crippen molar-refractivity contribution in [1.29, 1.82) is 0 Å². The van der Waals surface area contributed by atoms with Gasteiger partial charge >= 0.3 is 5.97 Å². The number of rotatable bonds is 4. The fraction of sp³-hybridized carbons (Fsp3) is 0.429. The van der Waals surface area contributed by atoms with Crippen molar-refractivity contribution in [2.24, 2.45) is 5.92 Å². The van der Waals surface area contributed by atoms with E-state index in [1.807, 2.05) is 32.0 Å². The third kappa shape index (κ3) is 3.58. The quantitative estimate of drug-likeness (QED) is 0.891. The Morgan fingerprint density at radius 3 is 2.06 bits per heavy atom. The number of aliphatic carboxylic acids is 1. The van der Waals surface area contributed by atoms with Gasteiger partial charge in [-0.2, -0.15) is 0 Å². The van der Waals surface area contributed by atoms with Crippen molar-refractivity contribution in [2.75, 3.05) is 11.4 Å². The third-order valence-corrected chi connectivity index (χ3v) is 2.57. The average molecular weight is 249 g/mol. The van der Waals surface area contributed by atoms with E-state index in [2.05, 4.69) is 0 Å². The van der Waals surface area contributed by atoms with E-state index < -0.39 is 5.97 Å². The number of carbonyl (C=O) groups is 2. The van der Waals surface area contributed by atoms with Gasteiger partial charge in [-0.3, -0.25) is 9.59 Å². The predicted molar refractivity (Wildman–Crippen MR) is 70.7 cm³/mol. The normalized spacial score (nSPS) is 10.5. The zero-order chi connectivity index (χ0) is 13.9. The topological polar surface area (TPSA) is 57.6 Å². The first-order valence-electron chi connectivity index (χ1n) is 5.92. The maximum atomic E-state index is 12.1. The van der Waals surface area contributed by atoms with Crippen molar-refractivity contribution < 1.29 is 14.7 Å². The molecule has 0 bridgehead atoms. The van der Waals surface area contributed by atoms with Crippen LogP contribution in [0.25, 0.3) is 0 Å². The highest BCUT2D eigenvalue weighted by atomic mass is 16.4. The molecule has 0 unspecified atom stereocenters. The molecule has 0 aliphatic rings. The van der Waals surface area contributed by atoms with Crippen LogP contribution in [0, 0.1) is 19.8 Å². The minimum absolute atomic E-state index is 0.178. The van der Waals surface area contributed by atoms with Gasteiger partial charge < -0.3 is 10.0 Å². The standard InChI is InChI=1S/C14H19NO3/c1-9(2)14(18)15(8-13(16)17)12-6-10(3)5-11(4)7-12/h5-7,9H,8H2,1-4H3,(H,16,17). The monoisotopic (exact) mass is 249 g/mol. The Morgan fingerprint density at radius 1 is 1.17 bits per heavy atom. The Hall–Kier alpha value is -1.84. The molecule has 18 heavy (non-hydrogen) atoms. The van der Waals surface area contributed by atoms with E-state index in [0.29, 0.717) is 5.69 Å². The number of nitrogens with zero attached hydrogens (tertiary/aromatic N) is 1. The van der Waals surface area contributed by atoms with E-state index in [1.165, 1.54) is 4.90 Å². The molecule has 0 heterocycles. The molecule has 0 aliphatic heterocycles. The summed E-state index contributed by atoms with van der Waals surface area (Å²) in [4.78, 5) is 24.3. The molecule has 0 saturated carbocycles. The summed E-state index contributed by atoms with van der Waals surface area (Å²) in [6, 6.07) is 5.65. The van der Waals surface area contributed by atoms with Gasteiger partial charge in [0, 0.05) is 11.6 Å². The largest absolute Gasteiger partial charge is 0.480 e. The highest BCUT2D eigenvalue weighted by molar-refractivity contribution is 5.98. The summed E-state index contributed by atoms with van der Waals surface area (Å²) < 4.78 is 0. The molecule has 1 amide bonds. The summed E-state index contributed by atoms with van der Waals surface area (Å²) in [5.41, 5.74) is 2.67. The molecule has 0 fully saturated rings. The lowest BCUT2D eigenvalue weighted by Gasteiger charge is -2.23. The number of hydrogen-bond acceptors (Lipinski definition) is 2. The van der Waals surface area contributed by atoms with Gasteiger partial charge in [-0.1, -0.05) is 19.9 Å². The molecule has 1 N–H and O–H groups in total. The van der Waals surface area contributed by atoms with Crippen LogP contribution in [-0.2, 0) is 9.59 Å². The van der Waals surface area contributed by atoms with Gasteiger partial charge in [0.15, 0.2) is 0 Å². The van der Waals surface area contributed by atoms with E-state index in [4.69, 9.17) is 5.11 Å². The van der Waals surface area contributed by atoms with Crippen LogP contribution in [0.2, 0.25) is 0 Å². The number of amides is 1. The molecule has 1 aromatic carbocycles. The SMILES string of the molecule is Cc1cc(C)cc(N(CC(=O)O)C(=O)C(C)C)c1. The molecule has 0 spiro atoms. The number of aryl methyl sites for hydroxylation is 2. The fourth-order valence-electron chi connectivity index (χ4n) is 1.85. The molecule has 1 rings (SSSR count). The maximum absolute atomic E-state index is 12.1. The van der Waals surface area contributed by atoms with Gasteiger partial charge in [0.1, 0.15) is 6.54 Å². The molecule has 4 heteroatoms. The highest BCUT2D eigenvalue weighted by Gasteiger charge is 2.21. The van der Waals surface area contributed by atoms with Gasteiger partial charge in [-0.15, -0.1) is 0 Å². The Kier molecular flexibility index (Phi) is 4.48. The van der Waals surface area contributed by atoms with E-state index >= 15 is 0 Å². The van der Waals surface area contributed by atoms with Gasteiger partial charge in [0.25, 0.3) is 0 Å². The summed E-state index contributed by atoms with van der Waals surface area (Å²) in [5, 5.41) is 8.92. The van der Waals surface area contributed by atoms with Crippen molar-refractivity contribution >= 4 is 17.6 Å². The molecular weight excluding hydrogens is 230 g/mol. The second-order valence-corrected chi connectivity index (χ2v) is 4.82. The molecular formula is C14H19NO3. The van der Waals surface area contributed by atoms with Gasteiger partial charge in [-0.05, 0) is 37.1 Å². The molecule has 0 aromatic heterocycles. The van der Waals surface area contributed by atoms with Crippen molar-refractivity contribution in [3.63, 3.8) is 0 Å². The van der Waals surface area contributed by atoms with Gasteiger partial charge in [-0.25, -0.2) is 0 Å². The van der Waals surface area contributed by atoms with E-state index in [-0.39, 0.29) is 18.4 Å². The molecule has 4 nitrogen and oxygen atoms in total. The lowest BCUT2D eigenvalue weighted by atomic mass is 10.1. The van der Waals surface area contributed by atoms with Crippen LogP contribution in [0.1, 0.15) is 25.0 Å². The van der Waals surface area contributed by atoms with Crippen molar-refractivity contribution in [3.8, 4) is 0 Å². The van der Waals surface area contributed by atoms with Gasteiger partial charge in [0.05, 0.1) is 0 Å². The predicted octanol–water partition coefficient (Wildman–Crippen LogP) is 2.38. The molecule has 0 aliphatic carbocycles. The zero-order valence-corrected chi connectivity index (χ0v) is 11.2. The minimum atomic E-state index is -1.01. The van der Waals surface area contributed by atoms with E-state index in [1.54, 1.807) is 13.8 Å². The summed E-state index contributed by atoms with van der Waals surface area (Å²) in [5.74, 6) is -1.42. The highest BCUT2D eigenvalue weighted by Crippen LogP contribution is 2.20. The molecule has 98 valence electrons. The Balaban J connectivity index is 3.16. The summed E-state index contributed by atoms with van der Waals surface area (Å²) in [6.07, 6.45) is 0. The Labute approximate surface area is 107 Å². The van der Waals surface area contributed by atoms with Crippen LogP contribution in [0.3, 0.4) is 0 Å². The van der Waals surface area contributed by atoms with Crippen LogP contribution in [0.4, 0.5) is 5.69 Å². The fourth-order valence-corrected chi connectivity index (χ4v) is 1.85.